The molecule has 0 saturated carbocycles. The number of halogens is 2. The number of hydrogen-bond donors (Lipinski definition) is 1. The summed E-state index contributed by atoms with van der Waals surface area (Å²) in [5.74, 6) is -0.465. The van der Waals surface area contributed by atoms with Crippen LogP contribution < -0.4 is 4.72 Å². The number of hydrogen-bond acceptors (Lipinski definition) is 3. The molecule has 0 spiro atoms. The molecule has 22 heavy (non-hydrogen) atoms. The summed E-state index contributed by atoms with van der Waals surface area (Å²) in [6, 6.07) is 12.1. The Hall–Kier alpha value is -1.44. The number of benzene rings is 2. The molecule has 0 aliphatic rings. The Labute approximate surface area is 132 Å². The van der Waals surface area contributed by atoms with Crippen LogP contribution in [-0.4, -0.2) is 20.7 Å². The summed E-state index contributed by atoms with van der Waals surface area (Å²) in [7, 11) is -4.04. The van der Waals surface area contributed by atoms with E-state index in [4.69, 9.17) is 0 Å². The smallest absolute Gasteiger partial charge is 0.210 e. The van der Waals surface area contributed by atoms with Crippen LogP contribution in [0.5, 0.6) is 0 Å². The topological polar surface area (TPSA) is 46.2 Å². The fraction of sp³-hybridized carbons (Fsp3) is 0.200. The van der Waals surface area contributed by atoms with Gasteiger partial charge >= 0.3 is 0 Å². The van der Waals surface area contributed by atoms with Crippen LogP contribution in [0, 0.1) is 11.6 Å². The van der Waals surface area contributed by atoms with Gasteiger partial charge in [-0.05, 0) is 23.8 Å². The molecule has 2 rings (SSSR count). The van der Waals surface area contributed by atoms with E-state index in [9.17, 15) is 17.2 Å². The van der Waals surface area contributed by atoms with Crippen LogP contribution in [0.25, 0.3) is 0 Å². The van der Waals surface area contributed by atoms with Crippen molar-refractivity contribution in [1.82, 2.24) is 4.72 Å². The lowest BCUT2D eigenvalue weighted by molar-refractivity contribution is 0.547. The molecule has 1 N–H and O–H groups in total. The van der Waals surface area contributed by atoms with Crippen molar-refractivity contribution < 1.29 is 17.2 Å². The average Bonchev–Trinajstić information content (AvgIpc) is 2.50. The molecule has 0 amide bonds. The van der Waals surface area contributed by atoms with E-state index in [0.717, 1.165) is 23.4 Å². The maximum absolute atomic E-state index is 13.5. The molecule has 0 unspecified atom stereocenters. The number of nitrogens with one attached hydrogen (secondary N) is 1. The van der Waals surface area contributed by atoms with Gasteiger partial charge in [-0.15, -0.1) is 0 Å². The van der Waals surface area contributed by atoms with E-state index in [1.54, 1.807) is 11.8 Å². The first kappa shape index (κ1) is 16.9. The van der Waals surface area contributed by atoms with Crippen molar-refractivity contribution >= 4 is 21.8 Å². The minimum atomic E-state index is -4.04. The first-order valence-electron chi connectivity index (χ1n) is 6.55. The molecule has 0 fully saturated rings. The molecule has 0 heterocycles. The van der Waals surface area contributed by atoms with Crippen molar-refractivity contribution in [2.45, 2.75) is 10.6 Å². The zero-order valence-electron chi connectivity index (χ0n) is 11.6. The monoisotopic (exact) mass is 343 g/mol. The second-order valence-electron chi connectivity index (χ2n) is 4.51. The fourth-order valence-electron chi connectivity index (χ4n) is 1.77. The zero-order chi connectivity index (χ0) is 16.0. The lowest BCUT2D eigenvalue weighted by atomic mass is 10.2. The van der Waals surface area contributed by atoms with Gasteiger partial charge in [-0.3, -0.25) is 0 Å². The van der Waals surface area contributed by atoms with Crippen molar-refractivity contribution in [2.75, 3.05) is 12.3 Å². The SMILES string of the molecule is O=S(=O)(NCCSCc1ccccc1)c1cc(F)ccc1F. The molecule has 0 aliphatic carbocycles. The third-order valence-electron chi connectivity index (χ3n) is 2.83. The Morgan fingerprint density at radius 3 is 2.50 bits per heavy atom. The maximum Gasteiger partial charge on any atom is 0.243 e. The molecule has 118 valence electrons. The van der Waals surface area contributed by atoms with Crippen LogP contribution in [0.4, 0.5) is 8.78 Å². The van der Waals surface area contributed by atoms with Gasteiger partial charge in [-0.2, -0.15) is 11.8 Å². The Kier molecular flexibility index (Phi) is 5.93. The normalized spacial score (nSPS) is 11.5. The molecule has 0 bridgehead atoms. The standard InChI is InChI=1S/C15H15F2NO2S2/c16-13-6-7-14(17)15(10-13)22(19,20)18-8-9-21-11-12-4-2-1-3-5-12/h1-7,10,18H,8-9,11H2. The van der Waals surface area contributed by atoms with Crippen molar-refractivity contribution in [3.63, 3.8) is 0 Å². The molecular formula is C15H15F2NO2S2. The highest BCUT2D eigenvalue weighted by molar-refractivity contribution is 7.98. The Bertz CT molecular complexity index is 722. The van der Waals surface area contributed by atoms with Crippen LogP contribution in [-0.2, 0) is 15.8 Å². The molecule has 2 aromatic carbocycles. The molecule has 0 radical (unpaired) electrons. The van der Waals surface area contributed by atoms with Gasteiger partial charge in [-0.1, -0.05) is 30.3 Å². The van der Waals surface area contributed by atoms with Gasteiger partial charge in [0.1, 0.15) is 16.5 Å². The van der Waals surface area contributed by atoms with Crippen molar-refractivity contribution in [1.29, 1.82) is 0 Å². The first-order chi connectivity index (χ1) is 10.5. The first-order valence-corrected chi connectivity index (χ1v) is 9.19. The van der Waals surface area contributed by atoms with Crippen LogP contribution in [0.15, 0.2) is 53.4 Å². The number of rotatable bonds is 7. The van der Waals surface area contributed by atoms with E-state index >= 15 is 0 Å². The van der Waals surface area contributed by atoms with E-state index in [1.807, 2.05) is 30.3 Å². The van der Waals surface area contributed by atoms with Crippen LogP contribution in [0.1, 0.15) is 5.56 Å². The quantitative estimate of drug-likeness (QED) is 0.786. The summed E-state index contributed by atoms with van der Waals surface area (Å²) < 4.78 is 52.6. The largest absolute Gasteiger partial charge is 0.243 e. The molecule has 0 aliphatic heterocycles. The average molecular weight is 343 g/mol. The second kappa shape index (κ2) is 7.71. The van der Waals surface area contributed by atoms with Crippen molar-refractivity contribution in [2.24, 2.45) is 0 Å². The zero-order valence-corrected chi connectivity index (χ0v) is 13.3. The van der Waals surface area contributed by atoms with Gasteiger partial charge in [0.25, 0.3) is 0 Å². The fourth-order valence-corrected chi connectivity index (χ4v) is 3.84. The van der Waals surface area contributed by atoms with Gasteiger partial charge < -0.3 is 0 Å². The Morgan fingerprint density at radius 2 is 1.77 bits per heavy atom. The lowest BCUT2D eigenvalue weighted by Gasteiger charge is -2.08. The van der Waals surface area contributed by atoms with Crippen LogP contribution in [0.2, 0.25) is 0 Å². The molecule has 2 aromatic rings. The molecule has 0 saturated heterocycles. The number of thioether (sulfide) groups is 1. The van der Waals surface area contributed by atoms with E-state index in [-0.39, 0.29) is 6.54 Å². The summed E-state index contributed by atoms with van der Waals surface area (Å²) in [4.78, 5) is -0.666. The molecular weight excluding hydrogens is 328 g/mol. The minimum absolute atomic E-state index is 0.149. The van der Waals surface area contributed by atoms with Gasteiger partial charge in [-0.25, -0.2) is 21.9 Å². The minimum Gasteiger partial charge on any atom is -0.210 e. The highest BCUT2D eigenvalue weighted by Crippen LogP contribution is 2.16. The molecule has 0 atom stereocenters. The predicted molar refractivity (Wildman–Crippen MR) is 84.2 cm³/mol. The summed E-state index contributed by atoms with van der Waals surface area (Å²) in [6.45, 7) is 0.149. The second-order valence-corrected chi connectivity index (χ2v) is 7.35. The molecule has 3 nitrogen and oxygen atoms in total. The highest BCUT2D eigenvalue weighted by Gasteiger charge is 2.19. The third-order valence-corrected chi connectivity index (χ3v) is 5.34. The van der Waals surface area contributed by atoms with Crippen LogP contribution in [0.3, 0.4) is 0 Å². The summed E-state index contributed by atoms with van der Waals surface area (Å²) >= 11 is 1.55. The van der Waals surface area contributed by atoms with E-state index in [1.165, 1.54) is 0 Å². The van der Waals surface area contributed by atoms with Gasteiger partial charge in [0.15, 0.2) is 0 Å². The molecule has 0 aromatic heterocycles. The van der Waals surface area contributed by atoms with Gasteiger partial charge in [0, 0.05) is 18.1 Å². The summed E-state index contributed by atoms with van der Waals surface area (Å²) in [6.07, 6.45) is 0. The third kappa shape index (κ3) is 4.79. The van der Waals surface area contributed by atoms with Crippen LogP contribution >= 0.6 is 11.8 Å². The van der Waals surface area contributed by atoms with E-state index in [2.05, 4.69) is 4.72 Å². The van der Waals surface area contributed by atoms with E-state index in [0.29, 0.717) is 11.8 Å². The van der Waals surface area contributed by atoms with Crippen molar-refractivity contribution in [3.8, 4) is 0 Å². The summed E-state index contributed by atoms with van der Waals surface area (Å²) in [5.41, 5.74) is 1.14. The lowest BCUT2D eigenvalue weighted by Crippen LogP contribution is -2.27. The number of sulfonamides is 1. The highest BCUT2D eigenvalue weighted by atomic mass is 32.2. The maximum atomic E-state index is 13.5. The Morgan fingerprint density at radius 1 is 1.05 bits per heavy atom. The summed E-state index contributed by atoms with van der Waals surface area (Å²) in [5, 5.41) is 0. The van der Waals surface area contributed by atoms with Gasteiger partial charge in [0.2, 0.25) is 10.0 Å². The Balaban J connectivity index is 1.84. The van der Waals surface area contributed by atoms with Crippen molar-refractivity contribution in [3.05, 3.63) is 65.7 Å². The predicted octanol–water partition coefficient (Wildman–Crippen LogP) is 3.18. The van der Waals surface area contributed by atoms with Gasteiger partial charge in [0.05, 0.1) is 0 Å². The molecule has 7 heteroatoms. The van der Waals surface area contributed by atoms with E-state index < -0.39 is 26.6 Å².